The molecule has 1 unspecified atom stereocenters. The highest BCUT2D eigenvalue weighted by atomic mass is 16.3. The third-order valence-corrected chi connectivity index (χ3v) is 4.76. The summed E-state index contributed by atoms with van der Waals surface area (Å²) in [5.41, 5.74) is 2.15. The maximum Gasteiger partial charge on any atom is 0.271 e. The number of carbonyl (C=O) groups excluding carboxylic acids is 2. The van der Waals surface area contributed by atoms with E-state index in [2.05, 4.69) is 29.6 Å². The third kappa shape index (κ3) is 4.74. The molecule has 1 aromatic heterocycles. The quantitative estimate of drug-likeness (QED) is 0.697. The van der Waals surface area contributed by atoms with Crippen molar-refractivity contribution in [1.82, 2.24) is 15.1 Å². The minimum Gasteiger partial charge on any atom is -0.387 e. The number of carbonyl (C=O) groups is 2. The Morgan fingerprint density at radius 2 is 1.85 bits per heavy atom. The standard InChI is InChI=1S/C20H26N4O3/c1-12(2)13-4-6-14(7-5-13)17(25)11-21-20(27)16-10-18(24(3)23-16)22-19(26)15-8-9-15/h4-7,10,12,15,17,25H,8-9,11H2,1-3H3,(H,21,27)(H,22,26). The van der Waals surface area contributed by atoms with Gasteiger partial charge in [-0.25, -0.2) is 0 Å². The Labute approximate surface area is 158 Å². The van der Waals surface area contributed by atoms with E-state index in [1.165, 1.54) is 10.2 Å². The van der Waals surface area contributed by atoms with Gasteiger partial charge >= 0.3 is 0 Å². The maximum atomic E-state index is 12.3. The van der Waals surface area contributed by atoms with E-state index in [4.69, 9.17) is 0 Å². The van der Waals surface area contributed by atoms with Crippen LogP contribution < -0.4 is 10.6 Å². The number of hydrogen-bond acceptors (Lipinski definition) is 4. The second-order valence-electron chi connectivity index (χ2n) is 7.35. The van der Waals surface area contributed by atoms with Gasteiger partial charge in [0, 0.05) is 25.6 Å². The van der Waals surface area contributed by atoms with Gasteiger partial charge in [0.2, 0.25) is 5.91 Å². The van der Waals surface area contributed by atoms with Crippen LogP contribution in [0.2, 0.25) is 0 Å². The third-order valence-electron chi connectivity index (χ3n) is 4.76. The molecule has 2 aromatic rings. The predicted octanol–water partition coefficient (Wildman–Crippen LogP) is 2.36. The first-order valence-corrected chi connectivity index (χ1v) is 9.26. The van der Waals surface area contributed by atoms with Crippen molar-refractivity contribution in [3.8, 4) is 0 Å². The van der Waals surface area contributed by atoms with Crippen molar-refractivity contribution in [2.75, 3.05) is 11.9 Å². The Bertz CT molecular complexity index is 822. The van der Waals surface area contributed by atoms with E-state index in [-0.39, 0.29) is 24.1 Å². The Kier molecular flexibility index (Phi) is 5.60. The van der Waals surface area contributed by atoms with Crippen LogP contribution in [0.3, 0.4) is 0 Å². The summed E-state index contributed by atoms with van der Waals surface area (Å²) >= 11 is 0. The Hall–Kier alpha value is -2.67. The van der Waals surface area contributed by atoms with Gasteiger partial charge in [-0.15, -0.1) is 0 Å². The molecule has 3 N–H and O–H groups in total. The molecule has 1 aliphatic carbocycles. The zero-order valence-electron chi connectivity index (χ0n) is 15.9. The minimum absolute atomic E-state index is 0.0368. The monoisotopic (exact) mass is 370 g/mol. The normalized spacial score (nSPS) is 14.9. The molecule has 1 fully saturated rings. The number of aryl methyl sites for hydroxylation is 1. The first-order valence-electron chi connectivity index (χ1n) is 9.26. The molecule has 1 atom stereocenters. The lowest BCUT2D eigenvalue weighted by molar-refractivity contribution is -0.117. The summed E-state index contributed by atoms with van der Waals surface area (Å²) in [7, 11) is 1.67. The lowest BCUT2D eigenvalue weighted by Gasteiger charge is -2.13. The van der Waals surface area contributed by atoms with E-state index in [1.807, 2.05) is 24.3 Å². The zero-order chi connectivity index (χ0) is 19.6. The smallest absolute Gasteiger partial charge is 0.271 e. The van der Waals surface area contributed by atoms with Crippen LogP contribution in [0.15, 0.2) is 30.3 Å². The van der Waals surface area contributed by atoms with Crippen molar-refractivity contribution in [3.05, 3.63) is 47.2 Å². The fourth-order valence-corrected chi connectivity index (χ4v) is 2.77. The fourth-order valence-electron chi connectivity index (χ4n) is 2.77. The highest BCUT2D eigenvalue weighted by Gasteiger charge is 2.30. The molecule has 0 aliphatic heterocycles. The van der Waals surface area contributed by atoms with Crippen LogP contribution in [0, 0.1) is 5.92 Å². The minimum atomic E-state index is -0.798. The Morgan fingerprint density at radius 3 is 2.44 bits per heavy atom. The summed E-state index contributed by atoms with van der Waals surface area (Å²) in [5, 5.41) is 19.9. The SMILES string of the molecule is CC(C)c1ccc(C(O)CNC(=O)c2cc(NC(=O)C3CC3)n(C)n2)cc1. The summed E-state index contributed by atoms with van der Waals surface area (Å²) < 4.78 is 1.47. The second kappa shape index (κ2) is 7.92. The Balaban J connectivity index is 1.56. The molecule has 2 amide bonds. The molecule has 1 saturated carbocycles. The highest BCUT2D eigenvalue weighted by molar-refractivity contribution is 5.96. The molecular weight excluding hydrogens is 344 g/mol. The van der Waals surface area contributed by atoms with E-state index in [1.54, 1.807) is 13.1 Å². The van der Waals surface area contributed by atoms with Crippen LogP contribution >= 0.6 is 0 Å². The van der Waals surface area contributed by atoms with Crippen LogP contribution in [-0.4, -0.2) is 33.2 Å². The molecule has 144 valence electrons. The fraction of sp³-hybridized carbons (Fsp3) is 0.450. The number of anilines is 1. The van der Waals surface area contributed by atoms with Crippen molar-refractivity contribution >= 4 is 17.6 Å². The highest BCUT2D eigenvalue weighted by Crippen LogP contribution is 2.30. The van der Waals surface area contributed by atoms with E-state index in [9.17, 15) is 14.7 Å². The number of amides is 2. The number of hydrogen-bond donors (Lipinski definition) is 3. The Morgan fingerprint density at radius 1 is 1.22 bits per heavy atom. The summed E-state index contributed by atoms with van der Waals surface area (Å²) in [6.07, 6.45) is 1.02. The van der Waals surface area contributed by atoms with Gasteiger partial charge in [0.1, 0.15) is 5.82 Å². The lowest BCUT2D eigenvalue weighted by atomic mass is 10.00. The van der Waals surface area contributed by atoms with Crippen LogP contribution in [0.1, 0.15) is 60.3 Å². The van der Waals surface area contributed by atoms with Crippen LogP contribution in [0.4, 0.5) is 5.82 Å². The number of aliphatic hydroxyl groups is 1. The molecule has 0 spiro atoms. The largest absolute Gasteiger partial charge is 0.387 e. The van der Waals surface area contributed by atoms with Gasteiger partial charge in [0.25, 0.3) is 5.91 Å². The molecule has 1 aromatic carbocycles. The molecule has 0 bridgehead atoms. The number of nitrogens with zero attached hydrogens (tertiary/aromatic N) is 2. The summed E-state index contributed by atoms with van der Waals surface area (Å²) in [4.78, 5) is 24.2. The molecule has 3 rings (SSSR count). The van der Waals surface area contributed by atoms with E-state index < -0.39 is 12.0 Å². The van der Waals surface area contributed by atoms with Gasteiger partial charge < -0.3 is 15.7 Å². The van der Waals surface area contributed by atoms with E-state index in [0.29, 0.717) is 11.7 Å². The summed E-state index contributed by atoms with van der Waals surface area (Å²) in [5.74, 6) is 0.562. The van der Waals surface area contributed by atoms with E-state index in [0.717, 1.165) is 18.4 Å². The van der Waals surface area contributed by atoms with Crippen molar-refractivity contribution in [2.45, 2.75) is 38.7 Å². The van der Waals surface area contributed by atoms with Crippen LogP contribution in [-0.2, 0) is 11.8 Å². The number of rotatable bonds is 7. The van der Waals surface area contributed by atoms with E-state index >= 15 is 0 Å². The predicted molar refractivity (Wildman–Crippen MR) is 102 cm³/mol. The maximum absolute atomic E-state index is 12.3. The number of nitrogens with one attached hydrogen (secondary N) is 2. The lowest BCUT2D eigenvalue weighted by Crippen LogP contribution is -2.28. The van der Waals surface area contributed by atoms with Crippen molar-refractivity contribution < 1.29 is 14.7 Å². The number of benzene rings is 1. The van der Waals surface area contributed by atoms with Crippen molar-refractivity contribution in [2.24, 2.45) is 13.0 Å². The topological polar surface area (TPSA) is 96.3 Å². The average Bonchev–Trinajstić information content (AvgIpc) is 3.44. The van der Waals surface area contributed by atoms with Gasteiger partial charge in [-0.05, 0) is 29.9 Å². The summed E-state index contributed by atoms with van der Waals surface area (Å²) in [6.45, 7) is 4.31. The van der Waals surface area contributed by atoms with Gasteiger partial charge in [-0.2, -0.15) is 5.10 Å². The van der Waals surface area contributed by atoms with Crippen LogP contribution in [0.5, 0.6) is 0 Å². The number of aliphatic hydroxyl groups excluding tert-OH is 1. The first kappa shape index (κ1) is 19.1. The molecule has 0 radical (unpaired) electrons. The van der Waals surface area contributed by atoms with Gasteiger partial charge in [0.05, 0.1) is 6.10 Å². The molecule has 7 heteroatoms. The van der Waals surface area contributed by atoms with Crippen LogP contribution in [0.25, 0.3) is 0 Å². The molecule has 1 aliphatic rings. The molecule has 1 heterocycles. The molecule has 0 saturated heterocycles. The molecule has 7 nitrogen and oxygen atoms in total. The van der Waals surface area contributed by atoms with Gasteiger partial charge in [-0.1, -0.05) is 38.1 Å². The zero-order valence-corrected chi connectivity index (χ0v) is 15.9. The molecule has 27 heavy (non-hydrogen) atoms. The van der Waals surface area contributed by atoms with Crippen molar-refractivity contribution in [1.29, 1.82) is 0 Å². The van der Waals surface area contributed by atoms with Crippen molar-refractivity contribution in [3.63, 3.8) is 0 Å². The number of aromatic nitrogens is 2. The average molecular weight is 370 g/mol. The summed E-state index contributed by atoms with van der Waals surface area (Å²) in [6, 6.07) is 9.26. The van der Waals surface area contributed by atoms with Gasteiger partial charge in [-0.3, -0.25) is 14.3 Å². The molecular formula is C20H26N4O3. The first-order chi connectivity index (χ1) is 12.8. The van der Waals surface area contributed by atoms with Gasteiger partial charge in [0.15, 0.2) is 5.69 Å². The second-order valence-corrected chi connectivity index (χ2v) is 7.35.